The molecule has 0 saturated carbocycles. The third kappa shape index (κ3) is 20.6. The van der Waals surface area contributed by atoms with E-state index in [1.54, 1.807) is 42.5 Å². The summed E-state index contributed by atoms with van der Waals surface area (Å²) in [6, 6.07) is 11.2. The summed E-state index contributed by atoms with van der Waals surface area (Å²) < 4.78 is 0. The van der Waals surface area contributed by atoms with E-state index in [4.69, 9.17) is 50.5 Å². The van der Waals surface area contributed by atoms with Crippen LogP contribution in [0.25, 0.3) is 0 Å². The zero-order valence-corrected chi connectivity index (χ0v) is 34.7. The predicted molar refractivity (Wildman–Crippen MR) is 149 cm³/mol. The number of benzene rings is 1. The van der Waals surface area contributed by atoms with E-state index >= 15 is 0 Å². The van der Waals surface area contributed by atoms with Crippen LogP contribution in [0.15, 0.2) is 42.5 Å². The molecule has 0 fully saturated rings. The molecule has 4 N–H and O–H groups in total. The molecule has 196 valence electrons. The Kier molecular flexibility index (Phi) is 37.2. The Balaban J connectivity index is -0.000000295. The molecule has 0 saturated heterocycles. The van der Waals surface area contributed by atoms with Crippen molar-refractivity contribution in [2.75, 3.05) is 49.2 Å². The summed E-state index contributed by atoms with van der Waals surface area (Å²) in [5.41, 5.74) is 1.29. The van der Waals surface area contributed by atoms with Gasteiger partial charge < -0.3 is 71.8 Å². The van der Waals surface area contributed by atoms with Crippen molar-refractivity contribution in [3.8, 4) is 0 Å². The quantitative estimate of drug-likeness (QED) is 0.130. The van der Waals surface area contributed by atoms with Gasteiger partial charge in [0.05, 0.1) is 0 Å². The smallest absolute Gasteiger partial charge is 0.791 e. The fourth-order valence-corrected chi connectivity index (χ4v) is 2.94. The normalized spacial score (nSPS) is 8.90. The average Bonchev–Trinajstić information content (AvgIpc) is 2.92. The molecule has 0 spiro atoms. The second-order valence-corrected chi connectivity index (χ2v) is 8.46. The van der Waals surface area contributed by atoms with Gasteiger partial charge in [-0.3, -0.25) is 19.2 Å². The maximum Gasteiger partial charge on any atom is 1.00 e. The molecule has 4 amide bonds. The number of rotatable bonds is 12. The number of pyridine rings is 1. The molecule has 17 heteroatoms. The zero-order chi connectivity index (χ0) is 26.8. The summed E-state index contributed by atoms with van der Waals surface area (Å²) in [6.45, 7) is 1.70. The summed E-state index contributed by atoms with van der Waals surface area (Å²) in [5, 5.41) is 10.5. The van der Waals surface area contributed by atoms with E-state index in [0.717, 1.165) is 0 Å². The number of nitrogens with zero attached hydrogens (tertiary/aromatic N) is 1. The van der Waals surface area contributed by atoms with E-state index in [0.29, 0.717) is 60.3 Å². The van der Waals surface area contributed by atoms with Crippen molar-refractivity contribution in [1.82, 2.24) is 26.3 Å². The Bertz CT molecular complexity index is 879. The second-order valence-electron chi connectivity index (χ2n) is 6.83. The van der Waals surface area contributed by atoms with Gasteiger partial charge in [0.1, 0.15) is 11.4 Å². The summed E-state index contributed by atoms with van der Waals surface area (Å²) in [6.07, 6.45) is 0. The summed E-state index contributed by atoms with van der Waals surface area (Å²) in [7, 11) is 0. The Morgan fingerprint density at radius 2 is 0.825 bits per heavy atom. The number of amides is 4. The maximum atomic E-state index is 11.7. The minimum absolute atomic E-state index is 0. The average molecular weight is 658 g/mol. The monoisotopic (exact) mass is 657 g/mol. The first-order valence-corrected chi connectivity index (χ1v) is 13.2. The number of carbonyl (C=O) groups is 4. The van der Waals surface area contributed by atoms with Gasteiger partial charge in [0.15, 0.2) is 0 Å². The van der Waals surface area contributed by atoms with Crippen LogP contribution in [0.1, 0.15) is 41.7 Å². The van der Waals surface area contributed by atoms with Crippen molar-refractivity contribution in [2.45, 2.75) is 0 Å². The van der Waals surface area contributed by atoms with Crippen LogP contribution in [-0.4, -0.2) is 77.8 Å². The largest absolute Gasteiger partial charge is 1.00 e. The molecule has 0 unspecified atom stereocenters. The van der Waals surface area contributed by atoms with Crippen LogP contribution in [0.3, 0.4) is 0 Å². The number of carbonyl (C=O) groups excluding carboxylic acids is 4. The Morgan fingerprint density at radius 1 is 0.525 bits per heavy atom. The number of aromatic nitrogens is 1. The van der Waals surface area contributed by atoms with Gasteiger partial charge in [-0.2, -0.15) is 23.0 Å². The summed E-state index contributed by atoms with van der Waals surface area (Å²) >= 11 is 18.9. The number of nitrogens with one attached hydrogen (secondary N) is 4. The van der Waals surface area contributed by atoms with E-state index in [9.17, 15) is 19.2 Å². The van der Waals surface area contributed by atoms with Crippen molar-refractivity contribution in [3.63, 3.8) is 0 Å². The molecule has 40 heavy (non-hydrogen) atoms. The molecule has 1 aromatic carbocycles. The molecule has 2 rings (SSSR count). The standard InChI is InChI=1S/C12H16N2O2S2.C11H15N3O2S2.4Na/c15-11(13-4-6-17)9-2-1-3-10(8-9)12(16)14-5-7-18;15-10(12-4-6-17)8-2-1-3-9(14-8)11(16)13-5-7-18;;;;/h1-3,8,17-18H,4-7H2,(H,13,15)(H,14,16);1-3,17-18H,4-7H2,(H,12,15)(H,13,16);;;;/q;;4*+1/p-4. The van der Waals surface area contributed by atoms with Crippen molar-refractivity contribution in [1.29, 1.82) is 0 Å². The molecule has 0 aliphatic heterocycles. The minimum atomic E-state index is -0.335. The van der Waals surface area contributed by atoms with Crippen molar-refractivity contribution in [2.24, 2.45) is 0 Å². The zero-order valence-electron chi connectivity index (χ0n) is 23.4. The molecule has 9 nitrogen and oxygen atoms in total. The fraction of sp³-hybridized carbons (Fsp3) is 0.348. The summed E-state index contributed by atoms with van der Waals surface area (Å²) in [5.74, 6) is 0.677. The van der Waals surface area contributed by atoms with Crippen LogP contribution in [0.5, 0.6) is 0 Å². The molecular weight excluding hydrogens is 631 g/mol. The van der Waals surface area contributed by atoms with Crippen molar-refractivity contribution in [3.05, 3.63) is 65.0 Å². The SMILES string of the molecule is O=C(NCC[S-])c1cccc(C(=O)NCC[S-])c1.O=C(NCC[S-])c1cccc(C(=O)NCC[S-])n1.[Na+].[Na+].[Na+].[Na+]. The second kappa shape index (κ2) is 30.7. The van der Waals surface area contributed by atoms with E-state index in [-0.39, 0.29) is 153 Å². The topological polar surface area (TPSA) is 129 Å². The molecular formula is C23H27N5Na4O4S4. The van der Waals surface area contributed by atoms with Gasteiger partial charge >= 0.3 is 118 Å². The molecule has 0 aliphatic carbocycles. The van der Waals surface area contributed by atoms with E-state index in [2.05, 4.69) is 26.3 Å². The number of hydrogen-bond acceptors (Lipinski definition) is 9. The Hall–Kier alpha value is 1.65. The van der Waals surface area contributed by atoms with E-state index in [1.165, 1.54) is 0 Å². The Morgan fingerprint density at radius 3 is 1.15 bits per heavy atom. The van der Waals surface area contributed by atoms with Crippen LogP contribution >= 0.6 is 0 Å². The first-order chi connectivity index (χ1) is 17.4. The molecule has 0 aliphatic rings. The van der Waals surface area contributed by atoms with Crippen molar-refractivity contribution < 1.29 is 137 Å². The van der Waals surface area contributed by atoms with Gasteiger partial charge in [-0.1, -0.05) is 12.1 Å². The van der Waals surface area contributed by atoms with Crippen LogP contribution in [0.4, 0.5) is 0 Å². The summed E-state index contributed by atoms with van der Waals surface area (Å²) in [4.78, 5) is 50.6. The van der Waals surface area contributed by atoms with Crippen LogP contribution in [-0.2, 0) is 50.5 Å². The van der Waals surface area contributed by atoms with Gasteiger partial charge in [-0.15, -0.1) is 0 Å². The molecule has 0 bridgehead atoms. The Labute approximate surface area is 346 Å². The van der Waals surface area contributed by atoms with Crippen molar-refractivity contribution >= 4 is 74.1 Å². The molecule has 1 heterocycles. The van der Waals surface area contributed by atoms with Crippen LogP contribution in [0.2, 0.25) is 0 Å². The molecule has 0 radical (unpaired) electrons. The molecule has 0 atom stereocenters. The van der Waals surface area contributed by atoms with E-state index in [1.807, 2.05) is 0 Å². The van der Waals surface area contributed by atoms with Gasteiger partial charge in [-0.05, 0) is 56.5 Å². The van der Waals surface area contributed by atoms with Crippen LogP contribution in [0, 0.1) is 0 Å². The third-order valence-corrected chi connectivity index (χ3v) is 4.97. The van der Waals surface area contributed by atoms with Crippen LogP contribution < -0.4 is 139 Å². The molecule has 2 aromatic rings. The minimum Gasteiger partial charge on any atom is -0.791 e. The fourth-order valence-electron chi connectivity index (χ4n) is 2.53. The van der Waals surface area contributed by atoms with Gasteiger partial charge in [0.2, 0.25) is 0 Å². The van der Waals surface area contributed by atoms with Gasteiger partial charge in [-0.25, -0.2) is 4.98 Å². The maximum absolute atomic E-state index is 11.7. The predicted octanol–water partition coefficient (Wildman–Crippen LogP) is -12.1. The molecule has 1 aromatic heterocycles. The third-order valence-electron chi connectivity index (χ3n) is 4.15. The first-order valence-electron chi connectivity index (χ1n) is 10.9. The van der Waals surface area contributed by atoms with Gasteiger partial charge in [0.25, 0.3) is 23.6 Å². The first kappa shape index (κ1) is 48.6. The van der Waals surface area contributed by atoms with Gasteiger partial charge in [0, 0.05) is 11.1 Å². The van der Waals surface area contributed by atoms with E-state index < -0.39 is 0 Å². The number of hydrogen-bond donors (Lipinski definition) is 4.